The van der Waals surface area contributed by atoms with E-state index >= 15 is 0 Å². The van der Waals surface area contributed by atoms with Crippen LogP contribution in [-0.2, 0) is 17.6 Å². The summed E-state index contributed by atoms with van der Waals surface area (Å²) < 4.78 is 21.5. The third kappa shape index (κ3) is 16.3. The second-order valence-electron chi connectivity index (χ2n) is 16.3. The maximum atomic E-state index is 7.67. The molecule has 65 heavy (non-hydrogen) atoms. The van der Waals surface area contributed by atoms with Crippen LogP contribution in [0.2, 0.25) is 0 Å². The molecule has 0 fully saturated rings. The molecule has 0 saturated carbocycles. The van der Waals surface area contributed by atoms with Gasteiger partial charge in [-0.05, 0) is 111 Å². The Labute approximate surface area is 397 Å². The van der Waals surface area contributed by atoms with Crippen molar-refractivity contribution < 1.29 is 13.8 Å². The first kappa shape index (κ1) is 54.1. The van der Waals surface area contributed by atoms with Gasteiger partial charge in [-0.3, -0.25) is 0 Å². The molecule has 344 valence electrons. The van der Waals surface area contributed by atoms with E-state index in [-0.39, 0.29) is 8.81 Å². The highest BCUT2D eigenvalue weighted by Gasteiger charge is 2.31. The Bertz CT molecular complexity index is 2250. The van der Waals surface area contributed by atoms with Gasteiger partial charge in [0, 0.05) is 21.7 Å². The smallest absolute Gasteiger partial charge is 0.156 e. The zero-order chi connectivity index (χ0) is 47.6. The van der Waals surface area contributed by atoms with Gasteiger partial charge in [-0.1, -0.05) is 213 Å². The topological polar surface area (TPSA) is 27.7 Å². The molecule has 2 unspecified atom stereocenters. The first-order chi connectivity index (χ1) is 31.5. The zero-order valence-electron chi connectivity index (χ0n) is 41.0. The van der Waals surface area contributed by atoms with Gasteiger partial charge in [0.15, 0.2) is 13.5 Å². The number of rotatable bonds is 25. The Hall–Kier alpha value is -5.20. The molecule has 3 nitrogen and oxygen atoms in total. The lowest BCUT2D eigenvalue weighted by Gasteiger charge is -2.31. The maximum absolute atomic E-state index is 7.67. The van der Waals surface area contributed by atoms with E-state index in [9.17, 15) is 0 Å². The number of ether oxygens (including phenoxy) is 1. The Balaban J connectivity index is 0.00000363. The third-order valence-electron chi connectivity index (χ3n) is 10.7. The number of benzene rings is 4. The summed E-state index contributed by atoms with van der Waals surface area (Å²) in [4.78, 5) is 0. The SMILES string of the molecule is C=C/C=C\c1cc(CCCC)c(OP(c2ccccc2)c2ccccc2)c(-c2c(/C=C\C=C)c(C)cc(CCCC)c2OPC(C)(CC)O/C=C/C=C\C(=C\C=C)C(=C)C)c1C.CCC. The fraction of sp³-hybridized carbons (Fsp3) is 0.300. The van der Waals surface area contributed by atoms with Gasteiger partial charge in [-0.2, -0.15) is 0 Å². The largest absolute Gasteiger partial charge is 0.488 e. The van der Waals surface area contributed by atoms with Crippen molar-refractivity contribution in [2.24, 2.45) is 0 Å². The molecule has 4 rings (SSSR count). The summed E-state index contributed by atoms with van der Waals surface area (Å²) in [5.41, 5.74) is 10.9. The summed E-state index contributed by atoms with van der Waals surface area (Å²) in [5, 5.41) is 1.71. The van der Waals surface area contributed by atoms with Gasteiger partial charge in [-0.15, -0.1) is 0 Å². The van der Waals surface area contributed by atoms with E-state index in [0.29, 0.717) is 0 Å². The summed E-state index contributed by atoms with van der Waals surface area (Å²) in [6, 6.07) is 26.0. The lowest BCUT2D eigenvalue weighted by molar-refractivity contribution is 0.115. The Morgan fingerprint density at radius 1 is 0.723 bits per heavy atom. The van der Waals surface area contributed by atoms with Crippen molar-refractivity contribution in [1.82, 2.24) is 0 Å². The van der Waals surface area contributed by atoms with E-state index in [1.54, 1.807) is 12.3 Å². The summed E-state index contributed by atoms with van der Waals surface area (Å²) in [5.74, 6) is 1.78. The average molecular weight is 907 g/mol. The molecule has 0 radical (unpaired) electrons. The average Bonchev–Trinajstić information content (AvgIpc) is 3.31. The van der Waals surface area contributed by atoms with Gasteiger partial charge in [-0.25, -0.2) is 0 Å². The number of aryl methyl sites for hydroxylation is 3. The Kier molecular flexibility index (Phi) is 24.5. The van der Waals surface area contributed by atoms with E-state index in [1.807, 2.05) is 55.5 Å². The summed E-state index contributed by atoms with van der Waals surface area (Å²) in [6.07, 6.45) is 31.4. The molecule has 0 aliphatic rings. The molecule has 5 heteroatoms. The quantitative estimate of drug-likeness (QED) is 0.0377. The van der Waals surface area contributed by atoms with Crippen LogP contribution in [0.4, 0.5) is 0 Å². The molecule has 0 aliphatic carbocycles. The number of unbranched alkanes of at least 4 members (excludes halogenated alkanes) is 2. The standard InChI is InChI=1S/C57H68O3P2.C3H8/c1-12-18-31-47-42-49(33-20-14-3)56(60-62(50-35-24-22-25-36-50)51-37-26-23-27-38-51)53(45(47)10)54-52(39-21-15-4)44(9)41-48(32-19-13-2)55(54)59-61-57(11,17-6)58-40-29-28-34-46(30-16-5)43(7)8;1-3-2/h12,15-16,18,21-31,34-42,61H,1,4-5,7,13-14,17,19-20,32-33H2,2-3,6,8-11H3;3H2,1-2H3/b31-18-,34-28-,39-21-,40-29+,46-30-;. The van der Waals surface area contributed by atoms with E-state index in [0.717, 1.165) is 106 Å². The number of hydrogen-bond donors (Lipinski definition) is 0. The van der Waals surface area contributed by atoms with Crippen molar-refractivity contribution in [2.75, 3.05) is 0 Å². The molecule has 4 aromatic carbocycles. The van der Waals surface area contributed by atoms with E-state index in [4.69, 9.17) is 13.8 Å². The lowest BCUT2D eigenvalue weighted by Crippen LogP contribution is -2.20. The van der Waals surface area contributed by atoms with Gasteiger partial charge >= 0.3 is 0 Å². The first-order valence-corrected chi connectivity index (χ1v) is 25.6. The maximum Gasteiger partial charge on any atom is 0.156 e. The molecule has 0 heterocycles. The second-order valence-corrected chi connectivity index (χ2v) is 19.6. The van der Waals surface area contributed by atoms with Gasteiger partial charge in [0.1, 0.15) is 20.3 Å². The van der Waals surface area contributed by atoms with E-state index in [1.165, 1.54) is 23.1 Å². The Morgan fingerprint density at radius 3 is 1.82 bits per heavy atom. The fourth-order valence-electron chi connectivity index (χ4n) is 6.99. The van der Waals surface area contributed by atoms with Crippen LogP contribution >= 0.6 is 17.0 Å². The minimum absolute atomic E-state index is 0.00963. The minimum Gasteiger partial charge on any atom is -0.488 e. The van der Waals surface area contributed by atoms with Crippen LogP contribution < -0.4 is 19.7 Å². The highest BCUT2D eigenvalue weighted by Crippen LogP contribution is 2.53. The summed E-state index contributed by atoms with van der Waals surface area (Å²) in [7, 11) is -1.27. The van der Waals surface area contributed by atoms with Gasteiger partial charge in [0.2, 0.25) is 0 Å². The summed E-state index contributed by atoms with van der Waals surface area (Å²) in [6.45, 7) is 35.5. The van der Waals surface area contributed by atoms with Crippen LogP contribution in [0.15, 0.2) is 171 Å². The molecule has 0 aliphatic heterocycles. The van der Waals surface area contributed by atoms with Gasteiger partial charge in [0.25, 0.3) is 0 Å². The number of allylic oxidation sites excluding steroid dienone is 11. The molecule has 0 spiro atoms. The van der Waals surface area contributed by atoms with Crippen molar-refractivity contribution in [2.45, 2.75) is 119 Å². The normalized spacial score (nSPS) is 12.9. The van der Waals surface area contributed by atoms with E-state index < -0.39 is 13.5 Å². The zero-order valence-corrected chi connectivity index (χ0v) is 42.9. The lowest BCUT2D eigenvalue weighted by atomic mass is 9.84. The van der Waals surface area contributed by atoms with Gasteiger partial charge < -0.3 is 13.8 Å². The van der Waals surface area contributed by atoms with Crippen LogP contribution in [-0.4, -0.2) is 5.34 Å². The molecule has 0 N–H and O–H groups in total. The molecule has 0 saturated heterocycles. The molecule has 0 amide bonds. The van der Waals surface area contributed by atoms with Crippen LogP contribution in [0.3, 0.4) is 0 Å². The van der Waals surface area contributed by atoms with Gasteiger partial charge in [0.05, 0.1) is 6.26 Å². The highest BCUT2D eigenvalue weighted by molar-refractivity contribution is 7.68. The summed E-state index contributed by atoms with van der Waals surface area (Å²) >= 11 is 0. The predicted molar refractivity (Wildman–Crippen MR) is 293 cm³/mol. The number of hydrogen-bond acceptors (Lipinski definition) is 3. The Morgan fingerprint density at radius 2 is 1.29 bits per heavy atom. The van der Waals surface area contributed by atoms with Crippen LogP contribution in [0.1, 0.15) is 120 Å². The molecular formula is C60H76O3P2. The fourth-order valence-corrected chi connectivity index (χ4v) is 9.59. The van der Waals surface area contributed by atoms with Crippen molar-refractivity contribution in [3.8, 4) is 22.6 Å². The third-order valence-corrected chi connectivity index (χ3v) is 13.8. The molecule has 2 atom stereocenters. The van der Waals surface area contributed by atoms with Crippen LogP contribution in [0, 0.1) is 13.8 Å². The predicted octanol–water partition coefficient (Wildman–Crippen LogP) is 17.8. The molecular weight excluding hydrogens is 831 g/mol. The van der Waals surface area contributed by atoms with Crippen LogP contribution in [0.5, 0.6) is 11.5 Å². The van der Waals surface area contributed by atoms with Crippen molar-refractivity contribution in [1.29, 1.82) is 0 Å². The first-order valence-electron chi connectivity index (χ1n) is 23.4. The van der Waals surface area contributed by atoms with Crippen molar-refractivity contribution in [3.05, 3.63) is 205 Å². The minimum atomic E-state index is -1.26. The van der Waals surface area contributed by atoms with Crippen molar-refractivity contribution in [3.63, 3.8) is 0 Å². The molecule has 4 aromatic rings. The van der Waals surface area contributed by atoms with Crippen LogP contribution in [0.25, 0.3) is 23.3 Å². The monoisotopic (exact) mass is 907 g/mol. The molecule has 0 aromatic heterocycles. The highest BCUT2D eigenvalue weighted by atomic mass is 31.1. The van der Waals surface area contributed by atoms with Crippen molar-refractivity contribution >= 4 is 39.7 Å². The second kappa shape index (κ2) is 29.4. The van der Waals surface area contributed by atoms with E-state index in [2.05, 4.69) is 167 Å². The molecule has 0 bridgehead atoms.